The number of aromatic hydroxyl groups is 1. The van der Waals surface area contributed by atoms with E-state index in [4.69, 9.17) is 10.8 Å². The molecule has 12 nitrogen and oxygen atoms in total. The molecule has 1 aromatic carbocycles. The van der Waals surface area contributed by atoms with Crippen LogP contribution in [0.15, 0.2) is 24.3 Å². The van der Waals surface area contributed by atoms with Gasteiger partial charge in [-0.15, -0.1) is 0 Å². The summed E-state index contributed by atoms with van der Waals surface area (Å²) in [5.74, 6) is -4.87. The highest BCUT2D eigenvalue weighted by Gasteiger charge is 2.31. The zero-order valence-electron chi connectivity index (χ0n) is 20.0. The van der Waals surface area contributed by atoms with Gasteiger partial charge in [0.15, 0.2) is 0 Å². The lowest BCUT2D eigenvalue weighted by molar-refractivity contribution is -0.143. The molecule has 5 atom stereocenters. The third-order valence-electron chi connectivity index (χ3n) is 5.54. The van der Waals surface area contributed by atoms with Gasteiger partial charge >= 0.3 is 11.9 Å². The summed E-state index contributed by atoms with van der Waals surface area (Å²) >= 11 is 0. The van der Waals surface area contributed by atoms with E-state index in [1.54, 1.807) is 19.1 Å². The van der Waals surface area contributed by atoms with Gasteiger partial charge in [0.1, 0.15) is 23.9 Å². The Balaban J connectivity index is 2.79. The molecule has 0 saturated carbocycles. The number of phenols is 1. The molecule has 1 rings (SSSR count). The Bertz CT molecular complexity index is 905. The number of carbonyl (C=O) groups is 5. The lowest BCUT2D eigenvalue weighted by atomic mass is 9.97. The lowest BCUT2D eigenvalue weighted by Gasteiger charge is -2.27. The fraction of sp³-hybridized carbons (Fsp3) is 0.522. The highest BCUT2D eigenvalue weighted by Crippen LogP contribution is 2.12. The van der Waals surface area contributed by atoms with Crippen LogP contribution in [0.4, 0.5) is 0 Å². The monoisotopic (exact) mass is 494 g/mol. The number of rotatable bonds is 14. The molecule has 0 radical (unpaired) electrons. The van der Waals surface area contributed by atoms with Crippen LogP contribution in [0, 0.1) is 5.92 Å². The van der Waals surface area contributed by atoms with E-state index >= 15 is 0 Å². The summed E-state index contributed by atoms with van der Waals surface area (Å²) in [4.78, 5) is 59.9. The minimum Gasteiger partial charge on any atom is -0.508 e. The predicted molar refractivity (Wildman–Crippen MR) is 125 cm³/mol. The van der Waals surface area contributed by atoms with Crippen molar-refractivity contribution in [2.45, 2.75) is 70.6 Å². The fourth-order valence-electron chi connectivity index (χ4n) is 3.13. The molecule has 0 aliphatic heterocycles. The van der Waals surface area contributed by atoms with Crippen molar-refractivity contribution in [3.05, 3.63) is 29.8 Å². The van der Waals surface area contributed by atoms with E-state index in [0.29, 0.717) is 6.42 Å². The molecule has 12 heteroatoms. The number of hydrogen-bond donors (Lipinski definition) is 7. The summed E-state index contributed by atoms with van der Waals surface area (Å²) in [5, 5.41) is 34.6. The van der Waals surface area contributed by atoms with Crippen molar-refractivity contribution in [3.8, 4) is 5.75 Å². The zero-order chi connectivity index (χ0) is 26.7. The van der Waals surface area contributed by atoms with Crippen molar-refractivity contribution in [2.24, 2.45) is 11.7 Å². The smallest absolute Gasteiger partial charge is 0.326 e. The summed E-state index contributed by atoms with van der Waals surface area (Å²) in [6.45, 7) is 4.91. The van der Waals surface area contributed by atoms with Gasteiger partial charge in [-0.05, 0) is 43.4 Å². The Morgan fingerprint density at radius 3 is 2.03 bits per heavy atom. The number of carboxylic acids is 2. The first kappa shape index (κ1) is 29.4. The molecule has 194 valence electrons. The van der Waals surface area contributed by atoms with Crippen LogP contribution in [0.25, 0.3) is 0 Å². The van der Waals surface area contributed by atoms with Crippen molar-refractivity contribution < 1.29 is 39.3 Å². The number of carbonyl (C=O) groups excluding carboxylic acids is 3. The van der Waals surface area contributed by atoms with Crippen molar-refractivity contribution >= 4 is 29.7 Å². The van der Waals surface area contributed by atoms with Crippen LogP contribution >= 0.6 is 0 Å². The number of hydrogen-bond acceptors (Lipinski definition) is 7. The molecule has 0 heterocycles. The number of carboxylic acid groups (broad SMARTS) is 2. The van der Waals surface area contributed by atoms with Gasteiger partial charge in [0.2, 0.25) is 17.7 Å². The summed E-state index contributed by atoms with van der Waals surface area (Å²) in [6.07, 6.45) is -0.0683. The molecular formula is C23H34N4O8. The van der Waals surface area contributed by atoms with E-state index in [2.05, 4.69) is 16.0 Å². The van der Waals surface area contributed by atoms with E-state index in [-0.39, 0.29) is 24.5 Å². The molecule has 5 unspecified atom stereocenters. The van der Waals surface area contributed by atoms with Gasteiger partial charge in [-0.2, -0.15) is 0 Å². The first-order chi connectivity index (χ1) is 16.3. The third-order valence-corrected chi connectivity index (χ3v) is 5.54. The first-order valence-corrected chi connectivity index (χ1v) is 11.2. The van der Waals surface area contributed by atoms with Crippen molar-refractivity contribution in [2.75, 3.05) is 0 Å². The molecule has 0 saturated heterocycles. The summed E-state index contributed by atoms with van der Waals surface area (Å²) in [6, 6.07) is 1.65. The van der Waals surface area contributed by atoms with Gasteiger partial charge < -0.3 is 37.0 Å². The standard InChI is InChI=1S/C23H34N4O8/c1-4-12(2)19(27-21(32)16(24)11-14-5-7-15(28)8-6-14)22(33)25-13(3)20(31)26-17(23(34)35)9-10-18(29)30/h5-8,12-13,16-17,19,28H,4,9-11,24H2,1-3H3,(H,25,33)(H,26,31)(H,27,32)(H,29,30)(H,34,35). The van der Waals surface area contributed by atoms with Crippen LogP contribution in [-0.4, -0.2) is 69.1 Å². The maximum absolute atomic E-state index is 12.9. The first-order valence-electron chi connectivity index (χ1n) is 11.2. The second-order valence-corrected chi connectivity index (χ2v) is 8.41. The maximum Gasteiger partial charge on any atom is 0.326 e. The third kappa shape index (κ3) is 10.0. The summed E-state index contributed by atoms with van der Waals surface area (Å²) in [5.41, 5.74) is 6.71. The highest BCUT2D eigenvalue weighted by molar-refractivity contribution is 5.94. The lowest BCUT2D eigenvalue weighted by Crippen LogP contribution is -2.58. The van der Waals surface area contributed by atoms with E-state index in [1.807, 2.05) is 6.92 Å². The minimum absolute atomic E-state index is 0.0787. The van der Waals surface area contributed by atoms with Crippen molar-refractivity contribution in [1.82, 2.24) is 16.0 Å². The molecular weight excluding hydrogens is 460 g/mol. The largest absolute Gasteiger partial charge is 0.508 e. The van der Waals surface area contributed by atoms with Crippen molar-refractivity contribution in [1.29, 1.82) is 0 Å². The van der Waals surface area contributed by atoms with Crippen LogP contribution in [0.1, 0.15) is 45.6 Å². The predicted octanol–water partition coefficient (Wildman–Crippen LogP) is -0.268. The van der Waals surface area contributed by atoms with Gasteiger partial charge in [0.25, 0.3) is 0 Å². The van der Waals surface area contributed by atoms with Crippen molar-refractivity contribution in [3.63, 3.8) is 0 Å². The van der Waals surface area contributed by atoms with Gasteiger partial charge in [-0.3, -0.25) is 19.2 Å². The molecule has 0 aliphatic carbocycles. The topological polar surface area (TPSA) is 208 Å². The van der Waals surface area contributed by atoms with Gasteiger partial charge in [-0.25, -0.2) is 4.79 Å². The Labute approximate surface area is 203 Å². The number of aliphatic carboxylic acids is 2. The number of phenolic OH excluding ortho intramolecular Hbond substituents is 1. The highest BCUT2D eigenvalue weighted by atomic mass is 16.4. The molecule has 0 fully saturated rings. The van der Waals surface area contributed by atoms with Crippen LogP contribution in [0.3, 0.4) is 0 Å². The number of nitrogens with two attached hydrogens (primary N) is 1. The van der Waals surface area contributed by atoms with Crippen LogP contribution in [-0.2, 0) is 30.4 Å². The van der Waals surface area contributed by atoms with Gasteiger partial charge in [-0.1, -0.05) is 32.4 Å². The average molecular weight is 495 g/mol. The number of nitrogens with one attached hydrogen (secondary N) is 3. The molecule has 0 aliphatic rings. The van der Waals surface area contributed by atoms with Gasteiger partial charge in [0.05, 0.1) is 6.04 Å². The normalized spacial score (nSPS) is 15.1. The molecule has 35 heavy (non-hydrogen) atoms. The van der Waals surface area contributed by atoms with E-state index < -0.39 is 60.2 Å². The quantitative estimate of drug-likeness (QED) is 0.181. The molecule has 0 spiro atoms. The number of benzene rings is 1. The number of amides is 3. The summed E-state index contributed by atoms with van der Waals surface area (Å²) < 4.78 is 0. The van der Waals surface area contributed by atoms with E-state index in [1.165, 1.54) is 19.1 Å². The molecule has 3 amide bonds. The average Bonchev–Trinajstić information content (AvgIpc) is 2.80. The SMILES string of the molecule is CCC(C)C(NC(=O)C(N)Cc1ccc(O)cc1)C(=O)NC(C)C(=O)NC(CCC(=O)O)C(=O)O. The Morgan fingerprint density at radius 1 is 0.914 bits per heavy atom. The fourth-order valence-corrected chi connectivity index (χ4v) is 3.13. The van der Waals surface area contributed by atoms with Gasteiger partial charge in [0, 0.05) is 6.42 Å². The van der Waals surface area contributed by atoms with E-state index in [9.17, 15) is 34.2 Å². The minimum atomic E-state index is -1.43. The zero-order valence-corrected chi connectivity index (χ0v) is 20.0. The summed E-state index contributed by atoms with van der Waals surface area (Å²) in [7, 11) is 0. The van der Waals surface area contributed by atoms with Crippen LogP contribution in [0.2, 0.25) is 0 Å². The second kappa shape index (κ2) is 13.9. The Hall–Kier alpha value is -3.67. The maximum atomic E-state index is 12.9. The Morgan fingerprint density at radius 2 is 1.51 bits per heavy atom. The van der Waals surface area contributed by atoms with Crippen LogP contribution < -0.4 is 21.7 Å². The van der Waals surface area contributed by atoms with E-state index in [0.717, 1.165) is 5.56 Å². The second-order valence-electron chi connectivity index (χ2n) is 8.41. The molecule has 0 aromatic heterocycles. The van der Waals surface area contributed by atoms with Crippen LogP contribution in [0.5, 0.6) is 5.75 Å². The Kier molecular flexibility index (Phi) is 11.7. The molecule has 1 aromatic rings. The molecule has 0 bridgehead atoms. The molecule has 8 N–H and O–H groups in total.